The number of para-hydroxylation sites is 1. The van der Waals surface area contributed by atoms with Gasteiger partial charge in [-0.3, -0.25) is 0 Å². The molecule has 1 aromatic heterocycles. The van der Waals surface area contributed by atoms with E-state index in [9.17, 15) is 9.90 Å². The predicted molar refractivity (Wildman–Crippen MR) is 83.9 cm³/mol. The molecule has 22 heavy (non-hydrogen) atoms. The Balaban J connectivity index is 1.64. The number of anilines is 1. The van der Waals surface area contributed by atoms with Crippen molar-refractivity contribution in [3.63, 3.8) is 0 Å². The summed E-state index contributed by atoms with van der Waals surface area (Å²) >= 11 is 0. The molecular weight excluding hydrogens is 280 g/mol. The van der Waals surface area contributed by atoms with Crippen LogP contribution in [0, 0.1) is 5.92 Å². The highest BCUT2D eigenvalue weighted by molar-refractivity contribution is 5.89. The molecule has 6 nitrogen and oxygen atoms in total. The summed E-state index contributed by atoms with van der Waals surface area (Å²) in [5.41, 5.74) is 0.978. The Kier molecular flexibility index (Phi) is 3.85. The molecule has 1 fully saturated rings. The number of nitrogens with zero attached hydrogens (tertiary/aromatic N) is 2. The van der Waals surface area contributed by atoms with E-state index in [1.165, 1.54) is 0 Å². The number of hydrogen-bond donors (Lipinski definition) is 3. The van der Waals surface area contributed by atoms with Gasteiger partial charge in [-0.2, -0.15) is 5.10 Å². The number of aromatic nitrogens is 2. The summed E-state index contributed by atoms with van der Waals surface area (Å²) in [5, 5.41) is 19.4. The largest absolute Gasteiger partial charge is 0.394 e. The highest BCUT2D eigenvalue weighted by atomic mass is 16.3. The van der Waals surface area contributed by atoms with Crippen molar-refractivity contribution in [3.8, 4) is 5.69 Å². The lowest BCUT2D eigenvalue weighted by atomic mass is 9.97. The van der Waals surface area contributed by atoms with E-state index in [1.54, 1.807) is 17.1 Å². The number of carbonyl (C=O) groups is 1. The monoisotopic (exact) mass is 300 g/mol. The molecule has 2 aromatic rings. The first-order valence-electron chi connectivity index (χ1n) is 7.41. The summed E-state index contributed by atoms with van der Waals surface area (Å²) in [5.74, 6) is 0.357. The zero-order chi connectivity index (χ0) is 15.6. The van der Waals surface area contributed by atoms with Crippen LogP contribution in [0.3, 0.4) is 0 Å². The fourth-order valence-corrected chi connectivity index (χ4v) is 2.52. The maximum atomic E-state index is 12.1. The minimum absolute atomic E-state index is 0.0611. The Hall–Kier alpha value is -2.34. The Morgan fingerprint density at radius 1 is 1.41 bits per heavy atom. The van der Waals surface area contributed by atoms with Crippen molar-refractivity contribution >= 4 is 11.7 Å². The van der Waals surface area contributed by atoms with Crippen LogP contribution in [-0.4, -0.2) is 33.1 Å². The second-order valence-corrected chi connectivity index (χ2v) is 5.94. The normalized spacial score (nSPS) is 16.8. The average Bonchev–Trinajstić information content (AvgIpc) is 3.29. The fraction of sp³-hybridized carbons (Fsp3) is 0.375. The van der Waals surface area contributed by atoms with E-state index in [0.29, 0.717) is 11.6 Å². The number of amides is 2. The smallest absolute Gasteiger partial charge is 0.319 e. The van der Waals surface area contributed by atoms with E-state index in [0.717, 1.165) is 18.5 Å². The number of carbonyl (C=O) groups excluding carboxylic acids is 1. The van der Waals surface area contributed by atoms with Gasteiger partial charge in [0.1, 0.15) is 0 Å². The van der Waals surface area contributed by atoms with Crippen LogP contribution in [0.4, 0.5) is 10.5 Å². The van der Waals surface area contributed by atoms with Gasteiger partial charge in [-0.05, 0) is 37.8 Å². The van der Waals surface area contributed by atoms with Crippen LogP contribution in [0.5, 0.6) is 0 Å². The summed E-state index contributed by atoms with van der Waals surface area (Å²) < 4.78 is 1.70. The van der Waals surface area contributed by atoms with Gasteiger partial charge < -0.3 is 15.7 Å². The molecule has 0 aliphatic heterocycles. The molecule has 1 aliphatic rings. The number of aliphatic hydroxyl groups is 1. The number of benzene rings is 1. The molecule has 1 saturated carbocycles. The van der Waals surface area contributed by atoms with Gasteiger partial charge in [-0.25, -0.2) is 9.48 Å². The first-order valence-corrected chi connectivity index (χ1v) is 7.41. The molecule has 0 saturated heterocycles. The van der Waals surface area contributed by atoms with Gasteiger partial charge in [-0.1, -0.05) is 18.2 Å². The highest BCUT2D eigenvalue weighted by Crippen LogP contribution is 2.39. The van der Waals surface area contributed by atoms with E-state index in [4.69, 9.17) is 0 Å². The van der Waals surface area contributed by atoms with Crippen LogP contribution in [-0.2, 0) is 0 Å². The maximum Gasteiger partial charge on any atom is 0.319 e. The molecule has 1 atom stereocenters. The lowest BCUT2D eigenvalue weighted by Crippen LogP contribution is -2.52. The second-order valence-electron chi connectivity index (χ2n) is 5.94. The van der Waals surface area contributed by atoms with Crippen LogP contribution in [0.15, 0.2) is 42.7 Å². The Morgan fingerprint density at radius 3 is 2.77 bits per heavy atom. The first-order chi connectivity index (χ1) is 10.6. The van der Waals surface area contributed by atoms with Gasteiger partial charge in [-0.15, -0.1) is 0 Å². The van der Waals surface area contributed by atoms with E-state index in [-0.39, 0.29) is 12.6 Å². The number of rotatable bonds is 5. The van der Waals surface area contributed by atoms with Crippen molar-refractivity contribution in [3.05, 3.63) is 42.7 Å². The van der Waals surface area contributed by atoms with Gasteiger partial charge in [0, 0.05) is 0 Å². The maximum absolute atomic E-state index is 12.1. The molecule has 0 bridgehead atoms. The lowest BCUT2D eigenvalue weighted by Gasteiger charge is -2.28. The third kappa shape index (κ3) is 3.12. The van der Waals surface area contributed by atoms with Gasteiger partial charge in [0.05, 0.1) is 35.9 Å². The van der Waals surface area contributed by atoms with Gasteiger partial charge >= 0.3 is 6.03 Å². The quantitative estimate of drug-likeness (QED) is 0.791. The zero-order valence-corrected chi connectivity index (χ0v) is 12.5. The van der Waals surface area contributed by atoms with E-state index in [2.05, 4.69) is 15.7 Å². The predicted octanol–water partition coefficient (Wildman–Crippen LogP) is 2.15. The fourth-order valence-electron chi connectivity index (χ4n) is 2.52. The molecule has 1 unspecified atom stereocenters. The van der Waals surface area contributed by atoms with Crippen LogP contribution < -0.4 is 10.6 Å². The number of aliphatic hydroxyl groups excluding tert-OH is 1. The topological polar surface area (TPSA) is 79.2 Å². The molecule has 0 spiro atoms. The van der Waals surface area contributed by atoms with Crippen molar-refractivity contribution in [2.24, 2.45) is 5.92 Å². The first kappa shape index (κ1) is 14.6. The molecule has 6 heteroatoms. The third-order valence-corrected chi connectivity index (χ3v) is 4.07. The molecule has 2 amide bonds. The lowest BCUT2D eigenvalue weighted by molar-refractivity contribution is 0.159. The molecule has 116 valence electrons. The Bertz CT molecular complexity index is 651. The molecular formula is C16H20N4O2. The molecule has 1 heterocycles. The van der Waals surface area contributed by atoms with Crippen LogP contribution >= 0.6 is 0 Å². The summed E-state index contributed by atoms with van der Waals surface area (Å²) in [7, 11) is 0. The third-order valence-electron chi connectivity index (χ3n) is 4.07. The van der Waals surface area contributed by atoms with Gasteiger partial charge in [0.25, 0.3) is 0 Å². The van der Waals surface area contributed by atoms with E-state index in [1.807, 2.05) is 37.3 Å². The number of hydrogen-bond acceptors (Lipinski definition) is 3. The van der Waals surface area contributed by atoms with Gasteiger partial charge in [0.15, 0.2) is 0 Å². The molecule has 3 rings (SSSR count). The minimum atomic E-state index is -0.556. The Labute approximate surface area is 129 Å². The van der Waals surface area contributed by atoms with Crippen molar-refractivity contribution in [2.75, 3.05) is 11.9 Å². The summed E-state index contributed by atoms with van der Waals surface area (Å²) in [6, 6.07) is 9.35. The second kappa shape index (κ2) is 5.81. The van der Waals surface area contributed by atoms with Crippen LogP contribution in [0.25, 0.3) is 5.69 Å². The summed E-state index contributed by atoms with van der Waals surface area (Å²) in [6.45, 7) is 1.81. The molecule has 3 N–H and O–H groups in total. The van der Waals surface area contributed by atoms with E-state index >= 15 is 0 Å². The zero-order valence-electron chi connectivity index (χ0n) is 12.5. The number of urea groups is 1. The highest BCUT2D eigenvalue weighted by Gasteiger charge is 2.42. The van der Waals surface area contributed by atoms with Gasteiger partial charge in [0.2, 0.25) is 0 Å². The SMILES string of the molecule is CC(CO)(NC(=O)Nc1cnn(-c2ccccc2)c1)C1CC1. The Morgan fingerprint density at radius 2 is 2.14 bits per heavy atom. The standard InChI is InChI=1S/C16H20N4O2/c1-16(11-21,12-7-8-12)19-15(22)18-13-9-17-20(10-13)14-5-3-2-4-6-14/h2-6,9-10,12,21H,7-8,11H2,1H3,(H2,18,19,22). The van der Waals surface area contributed by atoms with Crippen LogP contribution in [0.1, 0.15) is 19.8 Å². The molecule has 0 radical (unpaired) electrons. The van der Waals surface area contributed by atoms with E-state index < -0.39 is 5.54 Å². The number of nitrogens with one attached hydrogen (secondary N) is 2. The molecule has 1 aromatic carbocycles. The summed E-state index contributed by atoms with van der Waals surface area (Å²) in [6.07, 6.45) is 5.44. The van der Waals surface area contributed by atoms with Crippen molar-refractivity contribution in [2.45, 2.75) is 25.3 Å². The average molecular weight is 300 g/mol. The molecule has 1 aliphatic carbocycles. The minimum Gasteiger partial charge on any atom is -0.394 e. The summed E-state index contributed by atoms with van der Waals surface area (Å²) in [4.78, 5) is 12.1. The van der Waals surface area contributed by atoms with Crippen molar-refractivity contribution < 1.29 is 9.90 Å². The van der Waals surface area contributed by atoms with Crippen molar-refractivity contribution in [1.82, 2.24) is 15.1 Å². The van der Waals surface area contributed by atoms with Crippen LogP contribution in [0.2, 0.25) is 0 Å². The van der Waals surface area contributed by atoms with Crippen molar-refractivity contribution in [1.29, 1.82) is 0 Å².